The second-order valence-electron chi connectivity index (χ2n) is 4.20. The molecule has 2 aromatic rings. The molecule has 0 aliphatic heterocycles. The van der Waals surface area contributed by atoms with Crippen molar-refractivity contribution in [3.63, 3.8) is 0 Å². The number of allylic oxidation sites excluding steroid dienone is 1. The Morgan fingerprint density at radius 3 is 2.16 bits per heavy atom. The third-order valence-corrected chi connectivity index (χ3v) is 2.67. The van der Waals surface area contributed by atoms with Crippen LogP contribution in [0.25, 0.3) is 6.08 Å². The number of aryl methyl sites for hydroxylation is 1. The third-order valence-electron chi connectivity index (χ3n) is 2.67. The predicted molar refractivity (Wildman–Crippen MR) is 78.2 cm³/mol. The van der Waals surface area contributed by atoms with Gasteiger partial charge >= 0.3 is 0 Å². The predicted octanol–water partition coefficient (Wildman–Crippen LogP) is 3.93. The van der Waals surface area contributed by atoms with E-state index in [1.807, 2.05) is 24.3 Å². The highest BCUT2D eigenvalue weighted by atomic mass is 14.2. The first-order valence-electron chi connectivity index (χ1n) is 6.03. The van der Waals surface area contributed by atoms with Crippen LogP contribution < -0.4 is 0 Å². The molecule has 1 nitrogen and oxygen atoms in total. The maximum absolute atomic E-state index is 8.69. The van der Waals surface area contributed by atoms with Gasteiger partial charge in [-0.15, -0.1) is 0 Å². The van der Waals surface area contributed by atoms with Crippen LogP contribution in [-0.4, -0.2) is 0 Å². The van der Waals surface area contributed by atoms with Gasteiger partial charge in [0, 0.05) is 5.56 Å². The molecule has 0 N–H and O–H groups in total. The van der Waals surface area contributed by atoms with Crippen molar-refractivity contribution in [1.29, 1.82) is 5.26 Å². The molecule has 0 unspecified atom stereocenters. The standard InChI is InChI=1S/C18H13N/c1-15-6-8-16(9-7-15)4-2-3-5-17-10-12-18(14-19)13-11-17/h2,4,6-13H,1H3/b4-2+. The van der Waals surface area contributed by atoms with Gasteiger partial charge in [0.05, 0.1) is 11.6 Å². The summed E-state index contributed by atoms with van der Waals surface area (Å²) in [7, 11) is 0. The quantitative estimate of drug-likeness (QED) is 0.696. The fourth-order valence-electron chi connectivity index (χ4n) is 1.57. The lowest BCUT2D eigenvalue weighted by Crippen LogP contribution is -1.75. The lowest BCUT2D eigenvalue weighted by atomic mass is 10.1. The van der Waals surface area contributed by atoms with Gasteiger partial charge in [0.15, 0.2) is 0 Å². The van der Waals surface area contributed by atoms with Gasteiger partial charge in [0.1, 0.15) is 0 Å². The Balaban J connectivity index is 2.04. The molecule has 2 aromatic carbocycles. The van der Waals surface area contributed by atoms with Crippen molar-refractivity contribution < 1.29 is 0 Å². The lowest BCUT2D eigenvalue weighted by Gasteiger charge is -1.92. The van der Waals surface area contributed by atoms with Crippen LogP contribution in [0, 0.1) is 30.1 Å². The van der Waals surface area contributed by atoms with E-state index in [9.17, 15) is 0 Å². The van der Waals surface area contributed by atoms with E-state index in [1.54, 1.807) is 12.1 Å². The fraction of sp³-hybridized carbons (Fsp3) is 0.0556. The maximum atomic E-state index is 8.69. The van der Waals surface area contributed by atoms with Gasteiger partial charge in [-0.05, 0) is 48.9 Å². The molecule has 0 spiro atoms. The number of hydrogen-bond acceptors (Lipinski definition) is 1. The van der Waals surface area contributed by atoms with Gasteiger partial charge < -0.3 is 0 Å². The van der Waals surface area contributed by atoms with Crippen molar-refractivity contribution in [2.45, 2.75) is 6.92 Å². The Kier molecular flexibility index (Phi) is 4.17. The maximum Gasteiger partial charge on any atom is 0.0991 e. The number of rotatable bonds is 1. The molecule has 0 aliphatic rings. The van der Waals surface area contributed by atoms with Gasteiger partial charge in [-0.3, -0.25) is 0 Å². The zero-order valence-corrected chi connectivity index (χ0v) is 10.7. The van der Waals surface area contributed by atoms with E-state index in [4.69, 9.17) is 5.26 Å². The normalized spacial score (nSPS) is 9.68. The summed E-state index contributed by atoms with van der Waals surface area (Å²) >= 11 is 0. The van der Waals surface area contributed by atoms with E-state index in [-0.39, 0.29) is 0 Å². The molecule has 1 heteroatoms. The Hall–Kier alpha value is -2.77. The minimum atomic E-state index is 0.653. The van der Waals surface area contributed by atoms with Crippen LogP contribution in [0.2, 0.25) is 0 Å². The van der Waals surface area contributed by atoms with Crippen LogP contribution in [0.4, 0.5) is 0 Å². The number of nitriles is 1. The summed E-state index contributed by atoms with van der Waals surface area (Å²) in [5.74, 6) is 6.02. The van der Waals surface area contributed by atoms with Crippen LogP contribution in [0.3, 0.4) is 0 Å². The Morgan fingerprint density at radius 2 is 1.53 bits per heavy atom. The van der Waals surface area contributed by atoms with E-state index in [0.717, 1.165) is 11.1 Å². The van der Waals surface area contributed by atoms with Gasteiger partial charge in [-0.1, -0.05) is 41.7 Å². The molecular formula is C18H13N. The van der Waals surface area contributed by atoms with Gasteiger partial charge in [0.2, 0.25) is 0 Å². The summed E-state index contributed by atoms with van der Waals surface area (Å²) in [6, 6.07) is 17.6. The largest absolute Gasteiger partial charge is 0.192 e. The second-order valence-corrected chi connectivity index (χ2v) is 4.20. The van der Waals surface area contributed by atoms with Crippen molar-refractivity contribution in [2.75, 3.05) is 0 Å². The van der Waals surface area contributed by atoms with Crippen molar-refractivity contribution >= 4 is 6.08 Å². The highest BCUT2D eigenvalue weighted by molar-refractivity contribution is 5.54. The van der Waals surface area contributed by atoms with E-state index in [2.05, 4.69) is 49.1 Å². The highest BCUT2D eigenvalue weighted by Crippen LogP contribution is 2.05. The number of nitrogens with zero attached hydrogens (tertiary/aromatic N) is 1. The minimum Gasteiger partial charge on any atom is -0.192 e. The Bertz CT molecular complexity index is 672. The van der Waals surface area contributed by atoms with Crippen molar-refractivity contribution in [3.05, 3.63) is 76.9 Å². The molecule has 90 valence electrons. The van der Waals surface area contributed by atoms with E-state index < -0.39 is 0 Å². The molecule has 0 aliphatic carbocycles. The van der Waals surface area contributed by atoms with E-state index in [0.29, 0.717) is 5.56 Å². The first-order valence-corrected chi connectivity index (χ1v) is 6.03. The molecule has 0 bridgehead atoms. The molecular weight excluding hydrogens is 230 g/mol. The van der Waals surface area contributed by atoms with E-state index in [1.165, 1.54) is 5.56 Å². The molecule has 0 aromatic heterocycles. The van der Waals surface area contributed by atoms with Crippen molar-refractivity contribution in [2.24, 2.45) is 0 Å². The summed E-state index contributed by atoms with van der Waals surface area (Å²) in [5, 5.41) is 8.69. The second kappa shape index (κ2) is 6.24. The molecule has 0 heterocycles. The zero-order valence-electron chi connectivity index (χ0n) is 10.7. The summed E-state index contributed by atoms with van der Waals surface area (Å²) in [6.45, 7) is 2.07. The van der Waals surface area contributed by atoms with Gasteiger partial charge in [-0.25, -0.2) is 0 Å². The fourth-order valence-corrected chi connectivity index (χ4v) is 1.57. The molecule has 0 fully saturated rings. The summed E-state index contributed by atoms with van der Waals surface area (Å²) < 4.78 is 0. The molecule has 0 saturated carbocycles. The van der Waals surface area contributed by atoms with Crippen LogP contribution in [-0.2, 0) is 0 Å². The molecule has 0 saturated heterocycles. The molecule has 0 amide bonds. The monoisotopic (exact) mass is 243 g/mol. The van der Waals surface area contributed by atoms with Crippen LogP contribution in [0.15, 0.2) is 54.6 Å². The van der Waals surface area contributed by atoms with Crippen LogP contribution in [0.5, 0.6) is 0 Å². The smallest absolute Gasteiger partial charge is 0.0991 e. The molecule has 0 atom stereocenters. The van der Waals surface area contributed by atoms with Gasteiger partial charge in [0.25, 0.3) is 0 Å². The molecule has 19 heavy (non-hydrogen) atoms. The number of hydrogen-bond donors (Lipinski definition) is 0. The first kappa shape index (κ1) is 12.7. The van der Waals surface area contributed by atoms with E-state index >= 15 is 0 Å². The van der Waals surface area contributed by atoms with Gasteiger partial charge in [-0.2, -0.15) is 5.26 Å². The Morgan fingerprint density at radius 1 is 0.895 bits per heavy atom. The third kappa shape index (κ3) is 3.87. The average Bonchev–Trinajstić information content (AvgIpc) is 2.46. The summed E-state index contributed by atoms with van der Waals surface area (Å²) in [5.41, 5.74) is 3.95. The SMILES string of the molecule is Cc1ccc(/C=C/C#Cc2ccc(C#N)cc2)cc1. The summed E-state index contributed by atoms with van der Waals surface area (Å²) in [4.78, 5) is 0. The van der Waals surface area contributed by atoms with Crippen molar-refractivity contribution in [3.8, 4) is 17.9 Å². The average molecular weight is 243 g/mol. The van der Waals surface area contributed by atoms with Crippen LogP contribution in [0.1, 0.15) is 22.3 Å². The minimum absolute atomic E-state index is 0.653. The Labute approximate surface area is 113 Å². The van der Waals surface area contributed by atoms with Crippen LogP contribution >= 0.6 is 0 Å². The highest BCUT2D eigenvalue weighted by Gasteiger charge is 1.88. The molecule has 0 radical (unpaired) electrons. The molecule has 2 rings (SSSR count). The number of benzene rings is 2. The zero-order chi connectivity index (χ0) is 13.5. The topological polar surface area (TPSA) is 23.8 Å². The lowest BCUT2D eigenvalue weighted by molar-refractivity contribution is 1.46. The van der Waals surface area contributed by atoms with Crippen molar-refractivity contribution in [1.82, 2.24) is 0 Å². The summed E-state index contributed by atoms with van der Waals surface area (Å²) in [6.07, 6.45) is 3.82. The first-order chi connectivity index (χ1) is 9.28.